The molecular formula is C47H31N3O. The third kappa shape index (κ3) is 5.03. The highest BCUT2D eigenvalue weighted by molar-refractivity contribution is 6.04. The molecule has 0 radical (unpaired) electrons. The number of rotatable bonds is 5. The first-order valence-corrected chi connectivity index (χ1v) is 17.3. The van der Waals surface area contributed by atoms with E-state index in [2.05, 4.69) is 158 Å². The summed E-state index contributed by atoms with van der Waals surface area (Å²) >= 11 is 0. The molecule has 240 valence electrons. The number of aromatic nitrogens is 3. The van der Waals surface area contributed by atoms with Gasteiger partial charge in [0, 0.05) is 22.3 Å². The number of allylic oxidation sites excluding steroid dienone is 2. The van der Waals surface area contributed by atoms with Crippen molar-refractivity contribution in [2.75, 3.05) is 0 Å². The van der Waals surface area contributed by atoms with E-state index in [4.69, 9.17) is 19.7 Å². The molecule has 0 N–H and O–H groups in total. The lowest BCUT2D eigenvalue weighted by Crippen LogP contribution is -2.20. The number of hydrogen-bond acceptors (Lipinski definition) is 4. The summed E-state index contributed by atoms with van der Waals surface area (Å²) in [6.45, 7) is 0. The zero-order valence-corrected chi connectivity index (χ0v) is 27.6. The summed E-state index contributed by atoms with van der Waals surface area (Å²) < 4.78 is 6.68. The summed E-state index contributed by atoms with van der Waals surface area (Å²) in [5.41, 5.74) is 8.76. The van der Waals surface area contributed by atoms with Gasteiger partial charge in [-0.1, -0.05) is 158 Å². The second-order valence-electron chi connectivity index (χ2n) is 13.1. The molecule has 51 heavy (non-hydrogen) atoms. The normalized spacial score (nSPS) is 16.0. The summed E-state index contributed by atoms with van der Waals surface area (Å²) in [5.74, 6) is 2.79. The van der Waals surface area contributed by atoms with Gasteiger partial charge in [0.15, 0.2) is 17.5 Å². The molecule has 2 atom stereocenters. The van der Waals surface area contributed by atoms with Crippen LogP contribution in [0.5, 0.6) is 5.75 Å². The molecular weight excluding hydrogens is 623 g/mol. The Hall–Kier alpha value is -6.65. The largest absolute Gasteiger partial charge is 0.485 e. The molecule has 2 unspecified atom stereocenters. The molecule has 1 aliphatic heterocycles. The Kier molecular flexibility index (Phi) is 6.91. The lowest BCUT2D eigenvalue weighted by Gasteiger charge is -2.22. The van der Waals surface area contributed by atoms with Crippen LogP contribution in [-0.2, 0) is 0 Å². The first-order valence-electron chi connectivity index (χ1n) is 17.3. The van der Waals surface area contributed by atoms with Crippen molar-refractivity contribution in [3.8, 4) is 50.8 Å². The van der Waals surface area contributed by atoms with E-state index < -0.39 is 0 Å². The highest BCUT2D eigenvalue weighted by Gasteiger charge is 2.39. The second-order valence-corrected chi connectivity index (χ2v) is 13.1. The van der Waals surface area contributed by atoms with Crippen molar-refractivity contribution in [1.82, 2.24) is 15.0 Å². The lowest BCUT2D eigenvalue weighted by atomic mass is 9.83. The maximum atomic E-state index is 6.68. The molecule has 2 aliphatic rings. The summed E-state index contributed by atoms with van der Waals surface area (Å²) in [4.78, 5) is 15.5. The minimum Gasteiger partial charge on any atom is -0.485 e. The van der Waals surface area contributed by atoms with Gasteiger partial charge in [-0.3, -0.25) is 0 Å². The van der Waals surface area contributed by atoms with Crippen LogP contribution in [0.4, 0.5) is 0 Å². The van der Waals surface area contributed by atoms with E-state index in [0.29, 0.717) is 17.5 Å². The Bertz CT molecular complexity index is 2670. The second kappa shape index (κ2) is 12.0. The van der Waals surface area contributed by atoms with Crippen molar-refractivity contribution in [1.29, 1.82) is 0 Å². The molecule has 0 bridgehead atoms. The van der Waals surface area contributed by atoms with Crippen LogP contribution in [0, 0.1) is 0 Å². The maximum absolute atomic E-state index is 6.68. The molecule has 1 aliphatic carbocycles. The average Bonchev–Trinajstić information content (AvgIpc) is 3.59. The average molecular weight is 654 g/mol. The molecule has 0 saturated heterocycles. The van der Waals surface area contributed by atoms with Crippen LogP contribution in [0.2, 0.25) is 0 Å². The zero-order valence-electron chi connectivity index (χ0n) is 27.6. The van der Waals surface area contributed by atoms with Crippen molar-refractivity contribution >= 4 is 27.1 Å². The predicted octanol–water partition coefficient (Wildman–Crippen LogP) is 11.3. The van der Waals surface area contributed by atoms with Crippen LogP contribution in [-0.4, -0.2) is 21.1 Å². The van der Waals surface area contributed by atoms with Gasteiger partial charge in [0.2, 0.25) is 0 Å². The highest BCUT2D eigenvalue weighted by Crippen LogP contribution is 2.49. The Morgan fingerprint density at radius 3 is 1.90 bits per heavy atom. The van der Waals surface area contributed by atoms with Crippen LogP contribution in [0.25, 0.3) is 72.1 Å². The summed E-state index contributed by atoms with van der Waals surface area (Å²) in [5, 5.41) is 4.71. The van der Waals surface area contributed by atoms with Crippen LogP contribution < -0.4 is 4.74 Å². The summed E-state index contributed by atoms with van der Waals surface area (Å²) in [6, 6.07) is 55.2. The van der Waals surface area contributed by atoms with Gasteiger partial charge >= 0.3 is 0 Å². The van der Waals surface area contributed by atoms with E-state index in [1.54, 1.807) is 0 Å². The van der Waals surface area contributed by atoms with E-state index in [9.17, 15) is 0 Å². The smallest absolute Gasteiger partial charge is 0.164 e. The Morgan fingerprint density at radius 1 is 0.451 bits per heavy atom. The van der Waals surface area contributed by atoms with Crippen molar-refractivity contribution in [3.05, 3.63) is 187 Å². The standard InChI is InChI=1S/C47H31N3O/c1-3-13-30(14-4-1)36-27-28-39(38-21-10-9-20-37(36)38)46-48-45(32-16-5-2-6-17-32)49-47(50-46)41-23-12-24-42-44(41)40-26-25-33(29-43(40)51-42)35-22-11-18-31-15-7-8-19-34(31)35/h1-29,42,44H. The topological polar surface area (TPSA) is 47.9 Å². The highest BCUT2D eigenvalue weighted by atomic mass is 16.5. The maximum Gasteiger partial charge on any atom is 0.164 e. The van der Waals surface area contributed by atoms with Crippen LogP contribution >= 0.6 is 0 Å². The molecule has 0 spiro atoms. The van der Waals surface area contributed by atoms with Crippen LogP contribution in [0.1, 0.15) is 17.3 Å². The fourth-order valence-electron chi connectivity index (χ4n) is 7.72. The SMILES string of the molecule is C1=CC2Oc3cc(-c4cccc5ccccc45)ccc3C2C(c2nc(-c3ccccc3)nc(-c3ccc(-c4ccccc4)c4ccccc34)n2)=C1. The monoisotopic (exact) mass is 653 g/mol. The molecule has 7 aromatic carbocycles. The fourth-order valence-corrected chi connectivity index (χ4v) is 7.72. The molecule has 10 rings (SSSR count). The van der Waals surface area contributed by atoms with Crippen molar-refractivity contribution < 1.29 is 4.74 Å². The summed E-state index contributed by atoms with van der Waals surface area (Å²) in [6.07, 6.45) is 6.20. The molecule has 1 aromatic heterocycles. The molecule has 0 saturated carbocycles. The van der Waals surface area contributed by atoms with E-state index >= 15 is 0 Å². The van der Waals surface area contributed by atoms with Gasteiger partial charge in [-0.15, -0.1) is 0 Å². The fraction of sp³-hybridized carbons (Fsp3) is 0.0426. The lowest BCUT2D eigenvalue weighted by molar-refractivity contribution is 0.271. The van der Waals surface area contributed by atoms with Crippen molar-refractivity contribution in [2.45, 2.75) is 12.0 Å². The van der Waals surface area contributed by atoms with E-state index in [0.717, 1.165) is 44.3 Å². The van der Waals surface area contributed by atoms with Gasteiger partial charge in [0.1, 0.15) is 11.9 Å². The van der Waals surface area contributed by atoms with Gasteiger partial charge < -0.3 is 4.74 Å². The number of ether oxygens (including phenoxy) is 1. The van der Waals surface area contributed by atoms with Crippen molar-refractivity contribution in [3.63, 3.8) is 0 Å². The van der Waals surface area contributed by atoms with Crippen LogP contribution in [0.3, 0.4) is 0 Å². The minimum atomic E-state index is -0.158. The molecule has 0 amide bonds. The predicted molar refractivity (Wildman–Crippen MR) is 207 cm³/mol. The quantitative estimate of drug-likeness (QED) is 0.185. The first-order chi connectivity index (χ1) is 25.3. The van der Waals surface area contributed by atoms with Gasteiger partial charge in [-0.25, -0.2) is 15.0 Å². The molecule has 4 heteroatoms. The van der Waals surface area contributed by atoms with Gasteiger partial charge in [-0.05, 0) is 62.0 Å². The zero-order chi connectivity index (χ0) is 33.7. The third-order valence-electron chi connectivity index (χ3n) is 10.1. The summed E-state index contributed by atoms with van der Waals surface area (Å²) in [7, 11) is 0. The molecule has 4 nitrogen and oxygen atoms in total. The Balaban J connectivity index is 1.11. The number of benzene rings is 7. The first kappa shape index (κ1) is 29.3. The third-order valence-corrected chi connectivity index (χ3v) is 10.1. The number of fused-ring (bicyclic) bond motifs is 5. The Labute approximate surface area is 296 Å². The number of hydrogen-bond donors (Lipinski definition) is 0. The molecule has 0 fully saturated rings. The van der Waals surface area contributed by atoms with Crippen LogP contribution in [0.15, 0.2) is 176 Å². The molecule has 2 heterocycles. The van der Waals surface area contributed by atoms with Crippen molar-refractivity contribution in [2.24, 2.45) is 0 Å². The number of nitrogens with zero attached hydrogens (tertiary/aromatic N) is 3. The van der Waals surface area contributed by atoms with E-state index in [1.807, 2.05) is 18.2 Å². The van der Waals surface area contributed by atoms with E-state index in [1.165, 1.54) is 27.5 Å². The van der Waals surface area contributed by atoms with Gasteiger partial charge in [-0.2, -0.15) is 0 Å². The van der Waals surface area contributed by atoms with E-state index in [-0.39, 0.29) is 12.0 Å². The Morgan fingerprint density at radius 2 is 1.08 bits per heavy atom. The molecule has 8 aromatic rings. The van der Waals surface area contributed by atoms with Gasteiger partial charge in [0.05, 0.1) is 5.92 Å². The minimum absolute atomic E-state index is 0.0531. The van der Waals surface area contributed by atoms with Gasteiger partial charge in [0.25, 0.3) is 0 Å².